The van der Waals surface area contributed by atoms with E-state index in [2.05, 4.69) is 41.1 Å². The molecule has 0 spiro atoms. The fourth-order valence-corrected chi connectivity index (χ4v) is 3.35. The fraction of sp³-hybridized carbons (Fsp3) is 0.294. The van der Waals surface area contributed by atoms with Gasteiger partial charge in [-0.3, -0.25) is 9.89 Å². The van der Waals surface area contributed by atoms with Crippen LogP contribution in [0.1, 0.15) is 35.1 Å². The number of nitrogens with zero attached hydrogens (tertiary/aromatic N) is 4. The largest absolute Gasteiger partial charge is 0.351 e. The van der Waals surface area contributed by atoms with Crippen LogP contribution < -0.4 is 5.32 Å². The van der Waals surface area contributed by atoms with Crippen molar-refractivity contribution in [2.24, 2.45) is 0 Å². The third-order valence-electron chi connectivity index (χ3n) is 4.26. The zero-order valence-electron chi connectivity index (χ0n) is 13.9. The average Bonchev–Trinajstić information content (AvgIpc) is 3.22. The molecule has 0 saturated heterocycles. The summed E-state index contributed by atoms with van der Waals surface area (Å²) < 4.78 is 5.40. The van der Waals surface area contributed by atoms with Crippen LogP contribution in [0.25, 0.3) is 5.69 Å². The lowest BCUT2D eigenvalue weighted by atomic mass is 10.3. The monoisotopic (exact) mass is 432 g/mol. The molecular weight excluding hydrogens is 416 g/mol. The van der Waals surface area contributed by atoms with Crippen molar-refractivity contribution in [1.82, 2.24) is 29.9 Å². The lowest BCUT2D eigenvalue weighted by Crippen LogP contribution is -2.26. The smallest absolute Gasteiger partial charge is 0.254 e. The SMILES string of the molecule is O=C(NCCc1n[nH]c(=S)n1C1CC1)c1cnn(-c2ccc(Br)cc2)c1. The second-order valence-electron chi connectivity index (χ2n) is 6.20. The van der Waals surface area contributed by atoms with Crippen LogP contribution in [-0.4, -0.2) is 37.0 Å². The first kappa shape index (κ1) is 17.2. The van der Waals surface area contributed by atoms with Crippen molar-refractivity contribution in [3.63, 3.8) is 0 Å². The summed E-state index contributed by atoms with van der Waals surface area (Å²) in [6.07, 6.45) is 6.21. The number of aromatic nitrogens is 5. The van der Waals surface area contributed by atoms with E-state index in [4.69, 9.17) is 12.2 Å². The van der Waals surface area contributed by atoms with Crippen LogP contribution in [0.5, 0.6) is 0 Å². The molecule has 2 N–H and O–H groups in total. The maximum atomic E-state index is 12.3. The van der Waals surface area contributed by atoms with Crippen molar-refractivity contribution in [3.8, 4) is 5.69 Å². The first-order valence-corrected chi connectivity index (χ1v) is 9.56. The maximum Gasteiger partial charge on any atom is 0.254 e. The maximum absolute atomic E-state index is 12.3. The molecule has 1 fully saturated rings. The first-order chi connectivity index (χ1) is 12.6. The summed E-state index contributed by atoms with van der Waals surface area (Å²) in [6, 6.07) is 8.20. The number of aromatic amines is 1. The number of amides is 1. The summed E-state index contributed by atoms with van der Waals surface area (Å²) >= 11 is 8.67. The first-order valence-electron chi connectivity index (χ1n) is 8.36. The quantitative estimate of drug-likeness (QED) is 0.586. The molecule has 9 heteroatoms. The van der Waals surface area contributed by atoms with Gasteiger partial charge in [0.25, 0.3) is 5.91 Å². The molecule has 134 valence electrons. The number of rotatable bonds is 6. The minimum atomic E-state index is -0.152. The van der Waals surface area contributed by atoms with Crippen molar-refractivity contribution in [2.75, 3.05) is 6.54 Å². The van der Waals surface area contributed by atoms with Crippen LogP contribution in [0.2, 0.25) is 0 Å². The number of hydrogen-bond donors (Lipinski definition) is 2. The number of H-pyrrole nitrogens is 1. The van der Waals surface area contributed by atoms with Gasteiger partial charge in [-0.25, -0.2) is 4.68 Å². The number of nitrogens with one attached hydrogen (secondary N) is 2. The van der Waals surface area contributed by atoms with Crippen LogP contribution in [0, 0.1) is 4.77 Å². The Kier molecular flexibility index (Phi) is 4.73. The summed E-state index contributed by atoms with van der Waals surface area (Å²) in [7, 11) is 0. The van der Waals surface area contributed by atoms with Gasteiger partial charge in [-0.1, -0.05) is 15.9 Å². The van der Waals surface area contributed by atoms with E-state index in [1.807, 2.05) is 24.3 Å². The van der Waals surface area contributed by atoms with Crippen LogP contribution in [0.15, 0.2) is 41.1 Å². The molecule has 1 aliphatic rings. The highest BCUT2D eigenvalue weighted by Crippen LogP contribution is 2.35. The van der Waals surface area contributed by atoms with Gasteiger partial charge in [-0.15, -0.1) is 0 Å². The third kappa shape index (κ3) is 3.63. The highest BCUT2D eigenvalue weighted by Gasteiger charge is 2.27. The Morgan fingerprint density at radius 3 is 2.85 bits per heavy atom. The van der Waals surface area contributed by atoms with Crippen LogP contribution in [0.3, 0.4) is 0 Å². The Morgan fingerprint density at radius 1 is 1.35 bits per heavy atom. The van der Waals surface area contributed by atoms with Crippen LogP contribution in [-0.2, 0) is 6.42 Å². The molecule has 7 nitrogen and oxygen atoms in total. The molecule has 1 saturated carbocycles. The highest BCUT2D eigenvalue weighted by atomic mass is 79.9. The zero-order valence-corrected chi connectivity index (χ0v) is 16.3. The standard InChI is InChI=1S/C17H17BrN6OS/c18-12-1-3-13(4-2-12)23-10-11(9-20-23)16(25)19-8-7-15-21-22-17(26)24(15)14-5-6-14/h1-4,9-10,14H,5-8H2,(H,19,25)(H,22,26). The van der Waals surface area contributed by atoms with Gasteiger partial charge >= 0.3 is 0 Å². The van der Waals surface area contributed by atoms with E-state index in [1.54, 1.807) is 17.1 Å². The summed E-state index contributed by atoms with van der Waals surface area (Å²) in [5.41, 5.74) is 1.42. The van der Waals surface area contributed by atoms with Crippen LogP contribution >= 0.6 is 28.1 Å². The average molecular weight is 433 g/mol. The Labute approximate surface area is 163 Å². The molecule has 2 heterocycles. The van der Waals surface area contributed by atoms with Crippen molar-refractivity contribution in [1.29, 1.82) is 0 Å². The van der Waals surface area contributed by atoms with Gasteiger partial charge in [0.2, 0.25) is 0 Å². The highest BCUT2D eigenvalue weighted by molar-refractivity contribution is 9.10. The molecule has 2 aromatic heterocycles. The second kappa shape index (κ2) is 7.16. The van der Waals surface area contributed by atoms with Gasteiger partial charge < -0.3 is 9.88 Å². The molecule has 3 aromatic rings. The van der Waals surface area contributed by atoms with Gasteiger partial charge in [-0.2, -0.15) is 10.2 Å². The molecule has 0 atom stereocenters. The fourth-order valence-electron chi connectivity index (χ4n) is 2.79. The van der Waals surface area contributed by atoms with Gasteiger partial charge in [0.1, 0.15) is 5.82 Å². The number of halogens is 1. The van der Waals surface area contributed by atoms with E-state index < -0.39 is 0 Å². The lowest BCUT2D eigenvalue weighted by Gasteiger charge is -2.06. The van der Waals surface area contributed by atoms with E-state index >= 15 is 0 Å². The van der Waals surface area contributed by atoms with E-state index in [0.29, 0.717) is 29.3 Å². The Bertz CT molecular complexity index is 985. The van der Waals surface area contributed by atoms with Gasteiger partial charge in [-0.05, 0) is 49.3 Å². The van der Waals surface area contributed by atoms with E-state index in [1.165, 1.54) is 0 Å². The number of carbonyl (C=O) groups excluding carboxylic acids is 1. The molecule has 1 aliphatic carbocycles. The molecule has 1 aromatic carbocycles. The molecule has 26 heavy (non-hydrogen) atoms. The van der Waals surface area contributed by atoms with Crippen molar-refractivity contribution in [3.05, 3.63) is 57.3 Å². The Balaban J connectivity index is 1.37. The Hall–Kier alpha value is -2.26. The van der Waals surface area contributed by atoms with Crippen molar-refractivity contribution in [2.45, 2.75) is 25.3 Å². The van der Waals surface area contributed by atoms with E-state index in [0.717, 1.165) is 28.8 Å². The molecule has 1 amide bonds. The third-order valence-corrected chi connectivity index (χ3v) is 5.08. The van der Waals surface area contributed by atoms with Crippen molar-refractivity contribution < 1.29 is 4.79 Å². The van der Waals surface area contributed by atoms with Crippen molar-refractivity contribution >= 4 is 34.1 Å². The number of hydrogen-bond acceptors (Lipinski definition) is 4. The molecular formula is C17H17BrN6OS. The molecule has 0 unspecified atom stereocenters. The van der Waals surface area contributed by atoms with Gasteiger partial charge in [0.15, 0.2) is 4.77 Å². The summed E-state index contributed by atoms with van der Waals surface area (Å²) in [4.78, 5) is 12.3. The van der Waals surface area contributed by atoms with E-state index in [-0.39, 0.29) is 5.91 Å². The minimum Gasteiger partial charge on any atom is -0.351 e. The molecule has 0 radical (unpaired) electrons. The predicted molar refractivity (Wildman–Crippen MR) is 103 cm³/mol. The molecule has 0 bridgehead atoms. The Morgan fingerprint density at radius 2 is 2.12 bits per heavy atom. The second-order valence-corrected chi connectivity index (χ2v) is 7.50. The summed E-state index contributed by atoms with van der Waals surface area (Å²) in [6.45, 7) is 0.495. The molecule has 4 rings (SSSR count). The van der Waals surface area contributed by atoms with E-state index in [9.17, 15) is 4.79 Å². The molecule has 0 aliphatic heterocycles. The van der Waals surface area contributed by atoms with Gasteiger partial charge in [0, 0.05) is 29.7 Å². The lowest BCUT2D eigenvalue weighted by molar-refractivity contribution is 0.0954. The zero-order chi connectivity index (χ0) is 18.1. The predicted octanol–water partition coefficient (Wildman–Crippen LogP) is 3.20. The summed E-state index contributed by atoms with van der Waals surface area (Å²) in [5, 5.41) is 14.3. The summed E-state index contributed by atoms with van der Waals surface area (Å²) in [5.74, 6) is 0.740. The number of carbonyl (C=O) groups is 1. The topological polar surface area (TPSA) is 80.5 Å². The number of benzene rings is 1. The van der Waals surface area contributed by atoms with Gasteiger partial charge in [0.05, 0.1) is 17.4 Å². The normalized spacial score (nSPS) is 13.7. The van der Waals surface area contributed by atoms with Crippen LogP contribution in [0.4, 0.5) is 0 Å². The minimum absolute atomic E-state index is 0.152.